The number of hydrogen-bond donors (Lipinski definition) is 2. The van der Waals surface area contributed by atoms with Crippen LogP contribution in [0.1, 0.15) is 35.1 Å². The molecule has 3 N–H and O–H groups in total. The van der Waals surface area contributed by atoms with Crippen LogP contribution in [-0.2, 0) is 4.79 Å². The number of thiophene rings is 2. The van der Waals surface area contributed by atoms with Crippen LogP contribution in [0.5, 0.6) is 0 Å². The van der Waals surface area contributed by atoms with Gasteiger partial charge >= 0.3 is 0 Å². The number of amides is 1. The van der Waals surface area contributed by atoms with Crippen LogP contribution in [0, 0.1) is 5.92 Å². The van der Waals surface area contributed by atoms with Gasteiger partial charge in [-0.1, -0.05) is 12.1 Å². The predicted molar refractivity (Wildman–Crippen MR) is 91.2 cm³/mol. The molecule has 21 heavy (non-hydrogen) atoms. The maximum absolute atomic E-state index is 12.4. The van der Waals surface area contributed by atoms with Crippen LogP contribution in [0.4, 0.5) is 0 Å². The zero-order chi connectivity index (χ0) is 13.9. The van der Waals surface area contributed by atoms with Gasteiger partial charge in [0.1, 0.15) is 0 Å². The van der Waals surface area contributed by atoms with Crippen LogP contribution in [0.3, 0.4) is 0 Å². The topological polar surface area (TPSA) is 55.1 Å². The van der Waals surface area contributed by atoms with Crippen LogP contribution in [0.2, 0.25) is 0 Å². The minimum atomic E-state index is -0.0145. The van der Waals surface area contributed by atoms with Gasteiger partial charge in [0.2, 0.25) is 5.91 Å². The third-order valence-corrected chi connectivity index (χ3v) is 5.66. The van der Waals surface area contributed by atoms with Gasteiger partial charge in [-0.3, -0.25) is 4.79 Å². The molecule has 1 amide bonds. The lowest BCUT2D eigenvalue weighted by Gasteiger charge is -2.19. The highest BCUT2D eigenvalue weighted by Gasteiger charge is 2.30. The minimum Gasteiger partial charge on any atom is -0.343 e. The summed E-state index contributed by atoms with van der Waals surface area (Å²) in [5, 5.41) is 7.31. The average Bonchev–Trinajstić information content (AvgIpc) is 3.17. The Kier molecular flexibility index (Phi) is 5.81. The molecule has 2 unspecified atom stereocenters. The van der Waals surface area contributed by atoms with E-state index in [0.29, 0.717) is 0 Å². The molecule has 0 radical (unpaired) electrons. The van der Waals surface area contributed by atoms with Crippen molar-refractivity contribution >= 4 is 41.0 Å². The summed E-state index contributed by atoms with van der Waals surface area (Å²) < 4.78 is 0. The van der Waals surface area contributed by atoms with Crippen molar-refractivity contribution in [2.24, 2.45) is 11.7 Å². The van der Waals surface area contributed by atoms with Gasteiger partial charge in [0.05, 0.1) is 6.04 Å². The predicted octanol–water partition coefficient (Wildman–Crippen LogP) is 3.56. The second kappa shape index (κ2) is 7.40. The number of carbonyl (C=O) groups excluding carboxylic acids is 1. The van der Waals surface area contributed by atoms with E-state index in [1.54, 1.807) is 22.7 Å². The number of hydrogen-bond acceptors (Lipinski definition) is 4. The van der Waals surface area contributed by atoms with Crippen molar-refractivity contribution in [3.8, 4) is 0 Å². The molecule has 2 aromatic heterocycles. The number of nitrogens with one attached hydrogen (secondary N) is 1. The molecule has 2 aromatic rings. The fourth-order valence-corrected chi connectivity index (χ4v) is 4.37. The van der Waals surface area contributed by atoms with E-state index in [-0.39, 0.29) is 36.3 Å². The lowest BCUT2D eigenvalue weighted by atomic mass is 10.1. The second-order valence-electron chi connectivity index (χ2n) is 5.24. The molecule has 2 heterocycles. The summed E-state index contributed by atoms with van der Waals surface area (Å²) in [7, 11) is 0. The molecule has 0 spiro atoms. The van der Waals surface area contributed by atoms with Gasteiger partial charge in [-0.25, -0.2) is 0 Å². The fourth-order valence-electron chi connectivity index (χ4n) is 2.71. The highest BCUT2D eigenvalue weighted by molar-refractivity contribution is 7.11. The highest BCUT2D eigenvalue weighted by atomic mass is 35.5. The van der Waals surface area contributed by atoms with E-state index in [4.69, 9.17) is 5.73 Å². The maximum Gasteiger partial charge on any atom is 0.223 e. The Morgan fingerprint density at radius 3 is 2.24 bits per heavy atom. The van der Waals surface area contributed by atoms with E-state index in [2.05, 4.69) is 17.4 Å². The third kappa shape index (κ3) is 3.86. The molecule has 0 aliphatic heterocycles. The Bertz CT molecular complexity index is 522. The average molecular weight is 343 g/mol. The van der Waals surface area contributed by atoms with E-state index in [1.165, 1.54) is 9.75 Å². The van der Waals surface area contributed by atoms with Crippen molar-refractivity contribution < 1.29 is 4.79 Å². The monoisotopic (exact) mass is 342 g/mol. The van der Waals surface area contributed by atoms with E-state index in [0.717, 1.165) is 19.3 Å². The summed E-state index contributed by atoms with van der Waals surface area (Å²) in [5.41, 5.74) is 5.91. The van der Waals surface area contributed by atoms with E-state index >= 15 is 0 Å². The smallest absolute Gasteiger partial charge is 0.223 e. The second-order valence-corrected chi connectivity index (χ2v) is 7.20. The molecule has 114 valence electrons. The molecule has 0 saturated heterocycles. The molecular formula is C15H19ClN2OS2. The van der Waals surface area contributed by atoms with Crippen molar-refractivity contribution in [2.75, 3.05) is 0 Å². The molecule has 0 aromatic carbocycles. The maximum atomic E-state index is 12.4. The Morgan fingerprint density at radius 2 is 1.81 bits per heavy atom. The Morgan fingerprint density at radius 1 is 1.19 bits per heavy atom. The van der Waals surface area contributed by atoms with Crippen LogP contribution >= 0.6 is 35.1 Å². The van der Waals surface area contributed by atoms with E-state index < -0.39 is 0 Å². The first-order valence-electron chi connectivity index (χ1n) is 6.87. The largest absolute Gasteiger partial charge is 0.343 e. The normalized spacial score (nSPS) is 21.2. The van der Waals surface area contributed by atoms with Gasteiger partial charge in [0.25, 0.3) is 0 Å². The summed E-state index contributed by atoms with van der Waals surface area (Å²) >= 11 is 3.36. The van der Waals surface area contributed by atoms with Gasteiger partial charge in [-0.05, 0) is 42.2 Å². The van der Waals surface area contributed by atoms with Gasteiger partial charge in [0, 0.05) is 21.7 Å². The highest BCUT2D eigenvalue weighted by Crippen LogP contribution is 2.31. The third-order valence-electron chi connectivity index (χ3n) is 3.79. The summed E-state index contributed by atoms with van der Waals surface area (Å²) in [4.78, 5) is 14.8. The van der Waals surface area contributed by atoms with Crippen molar-refractivity contribution in [2.45, 2.75) is 31.3 Å². The van der Waals surface area contributed by atoms with Crippen LogP contribution in [0.15, 0.2) is 35.0 Å². The Hall–Kier alpha value is -0.880. The van der Waals surface area contributed by atoms with Crippen molar-refractivity contribution in [3.63, 3.8) is 0 Å². The molecule has 2 atom stereocenters. The SMILES string of the molecule is Cl.NC1CCC(C(=O)NC(c2cccs2)c2cccs2)C1. The standard InChI is InChI=1S/C15H18N2OS2.ClH/c16-11-6-5-10(9-11)15(18)17-14(12-3-1-7-19-12)13-4-2-8-20-13;/h1-4,7-8,10-11,14H,5-6,9,16H2,(H,17,18);1H. The zero-order valence-electron chi connectivity index (χ0n) is 11.5. The van der Waals surface area contributed by atoms with Crippen molar-refractivity contribution in [1.29, 1.82) is 0 Å². The Balaban J connectivity index is 0.00000161. The number of carbonyl (C=O) groups is 1. The molecule has 0 bridgehead atoms. The van der Waals surface area contributed by atoms with E-state index in [9.17, 15) is 4.79 Å². The lowest BCUT2D eigenvalue weighted by molar-refractivity contribution is -0.125. The molecule has 3 rings (SSSR count). The Labute approximate surface area is 139 Å². The van der Waals surface area contributed by atoms with Gasteiger partial charge in [0.15, 0.2) is 0 Å². The molecule has 1 saturated carbocycles. The quantitative estimate of drug-likeness (QED) is 0.892. The van der Waals surface area contributed by atoms with Gasteiger partial charge < -0.3 is 11.1 Å². The first-order chi connectivity index (χ1) is 9.74. The summed E-state index contributed by atoms with van der Waals surface area (Å²) in [6.45, 7) is 0. The van der Waals surface area contributed by atoms with Gasteiger partial charge in [-0.2, -0.15) is 0 Å². The number of rotatable bonds is 4. The summed E-state index contributed by atoms with van der Waals surface area (Å²) in [6, 6.07) is 8.38. The van der Waals surface area contributed by atoms with Crippen LogP contribution in [-0.4, -0.2) is 11.9 Å². The van der Waals surface area contributed by atoms with Crippen LogP contribution < -0.4 is 11.1 Å². The molecule has 3 nitrogen and oxygen atoms in total. The zero-order valence-corrected chi connectivity index (χ0v) is 14.0. The molecule has 1 aliphatic rings. The van der Waals surface area contributed by atoms with Gasteiger partial charge in [-0.15, -0.1) is 35.1 Å². The summed E-state index contributed by atoms with van der Waals surface area (Å²) in [6.07, 6.45) is 2.68. The van der Waals surface area contributed by atoms with E-state index in [1.807, 2.05) is 22.9 Å². The van der Waals surface area contributed by atoms with Crippen molar-refractivity contribution in [3.05, 3.63) is 44.8 Å². The van der Waals surface area contributed by atoms with Crippen molar-refractivity contribution in [1.82, 2.24) is 5.32 Å². The lowest BCUT2D eigenvalue weighted by Crippen LogP contribution is -2.33. The number of halogens is 1. The molecule has 1 aliphatic carbocycles. The first-order valence-corrected chi connectivity index (χ1v) is 8.62. The fraction of sp³-hybridized carbons (Fsp3) is 0.400. The van der Waals surface area contributed by atoms with Crippen LogP contribution in [0.25, 0.3) is 0 Å². The molecule has 6 heteroatoms. The first kappa shape index (κ1) is 16.5. The summed E-state index contributed by atoms with van der Waals surface area (Å²) in [5.74, 6) is 0.220. The molecular weight excluding hydrogens is 324 g/mol. The molecule has 1 fully saturated rings. The minimum absolute atomic E-state index is 0. The number of nitrogens with two attached hydrogens (primary N) is 1.